The first kappa shape index (κ1) is 30.8. The second-order valence-electron chi connectivity index (χ2n) is 9.43. The van der Waals surface area contributed by atoms with Gasteiger partial charge in [-0.1, -0.05) is 0 Å². The molecule has 1 saturated carbocycles. The summed E-state index contributed by atoms with van der Waals surface area (Å²) in [6.07, 6.45) is -8.22. The van der Waals surface area contributed by atoms with E-state index in [0.717, 1.165) is 29.2 Å². The number of rotatable bonds is 9. The molecule has 3 heterocycles. The molecule has 3 aromatic heterocycles. The van der Waals surface area contributed by atoms with Crippen LogP contribution in [-0.4, -0.2) is 73.0 Å². The Bertz CT molecular complexity index is 1430. The van der Waals surface area contributed by atoms with Crippen LogP contribution in [0.15, 0.2) is 30.7 Å². The molecule has 230 valence electrons. The molecule has 0 aromatic carbocycles. The predicted octanol–water partition coefficient (Wildman–Crippen LogP) is 3.38. The second-order valence-corrected chi connectivity index (χ2v) is 9.43. The largest absolute Gasteiger partial charge is 0.488 e. The lowest BCUT2D eigenvalue weighted by atomic mass is 9.92. The number of nitrogens with zero attached hydrogens (tertiary/aromatic N) is 4. The van der Waals surface area contributed by atoms with Gasteiger partial charge in [0.05, 0.1) is 23.5 Å². The SMILES string of the molecule is NC(=O)c1cn(C(F)F)nc1OC1CCC(NC(=O)c2cnn3cc(OCC(O)(C(F)(F)F)C(F)(F)F)ccc23)CC1. The van der Waals surface area contributed by atoms with E-state index >= 15 is 0 Å². The van der Waals surface area contributed by atoms with Gasteiger partial charge in [-0.2, -0.15) is 40.2 Å². The molecule has 42 heavy (non-hydrogen) atoms. The third kappa shape index (κ3) is 6.19. The number of nitrogens with two attached hydrogens (primary N) is 1. The summed E-state index contributed by atoms with van der Waals surface area (Å²) in [4.78, 5) is 24.4. The van der Waals surface area contributed by atoms with E-state index in [1.165, 1.54) is 6.07 Å². The number of carbonyl (C=O) groups is 2. The standard InChI is InChI=1S/C23H22F8N6O5/c24-20(25)37-9-15(17(32)38)19(35-37)42-12-3-1-11(2-4-12)34-18(39)14-7-33-36-8-13(5-6-16(14)36)41-10-21(40,22(26,27)28)23(29,30)31/h5-9,11-12,20,40H,1-4,10H2,(H2,32,38)(H,34,39). The number of hydrogen-bond acceptors (Lipinski definition) is 7. The average molecular weight is 614 g/mol. The van der Waals surface area contributed by atoms with Gasteiger partial charge in [0.2, 0.25) is 5.88 Å². The molecule has 0 unspecified atom stereocenters. The van der Waals surface area contributed by atoms with Crippen molar-refractivity contribution in [3.8, 4) is 11.6 Å². The molecule has 0 saturated heterocycles. The van der Waals surface area contributed by atoms with Gasteiger partial charge in [0, 0.05) is 12.2 Å². The highest BCUT2D eigenvalue weighted by Crippen LogP contribution is 2.43. The van der Waals surface area contributed by atoms with Crippen LogP contribution in [0, 0.1) is 0 Å². The zero-order valence-electron chi connectivity index (χ0n) is 21.1. The van der Waals surface area contributed by atoms with Crippen LogP contribution in [0.1, 0.15) is 52.9 Å². The van der Waals surface area contributed by atoms with Crippen LogP contribution in [0.25, 0.3) is 5.52 Å². The molecule has 1 aliphatic carbocycles. The van der Waals surface area contributed by atoms with Crippen molar-refractivity contribution in [2.45, 2.75) is 62.3 Å². The molecule has 1 aliphatic rings. The minimum Gasteiger partial charge on any atom is -0.488 e. The summed E-state index contributed by atoms with van der Waals surface area (Å²) in [7, 11) is 0. The van der Waals surface area contributed by atoms with Gasteiger partial charge in [-0.25, -0.2) is 9.20 Å². The number of aliphatic hydroxyl groups is 1. The Morgan fingerprint density at radius 2 is 1.69 bits per heavy atom. The number of hydrogen-bond donors (Lipinski definition) is 3. The molecule has 3 aromatic rings. The lowest BCUT2D eigenvalue weighted by molar-refractivity contribution is -0.373. The molecule has 0 radical (unpaired) electrons. The molecule has 11 nitrogen and oxygen atoms in total. The fourth-order valence-electron chi connectivity index (χ4n) is 4.21. The van der Waals surface area contributed by atoms with E-state index < -0.39 is 54.8 Å². The van der Waals surface area contributed by atoms with Crippen LogP contribution in [0.4, 0.5) is 35.1 Å². The number of alkyl halides is 8. The van der Waals surface area contributed by atoms with E-state index in [9.17, 15) is 49.8 Å². The summed E-state index contributed by atoms with van der Waals surface area (Å²) in [5.74, 6) is -2.38. The van der Waals surface area contributed by atoms with Gasteiger partial charge in [0.15, 0.2) is 0 Å². The first-order valence-corrected chi connectivity index (χ1v) is 12.1. The van der Waals surface area contributed by atoms with Crippen molar-refractivity contribution in [3.05, 3.63) is 41.9 Å². The Morgan fingerprint density at radius 3 is 2.26 bits per heavy atom. The van der Waals surface area contributed by atoms with E-state index in [1.807, 2.05) is 0 Å². The van der Waals surface area contributed by atoms with E-state index in [-0.39, 0.29) is 33.2 Å². The summed E-state index contributed by atoms with van der Waals surface area (Å²) in [6, 6.07) is 1.86. The van der Waals surface area contributed by atoms with Gasteiger partial charge in [-0.3, -0.25) is 9.59 Å². The number of nitrogens with one attached hydrogen (secondary N) is 1. The zero-order valence-corrected chi connectivity index (χ0v) is 21.1. The monoisotopic (exact) mass is 614 g/mol. The van der Waals surface area contributed by atoms with Crippen LogP contribution >= 0.6 is 0 Å². The van der Waals surface area contributed by atoms with Crippen molar-refractivity contribution < 1.29 is 59.3 Å². The van der Waals surface area contributed by atoms with E-state index in [0.29, 0.717) is 25.7 Å². The fourth-order valence-corrected chi connectivity index (χ4v) is 4.21. The number of primary amides is 1. The lowest BCUT2D eigenvalue weighted by Crippen LogP contribution is -2.60. The number of ether oxygens (including phenoxy) is 2. The Kier molecular flexibility index (Phi) is 8.25. The molecule has 0 atom stereocenters. The number of carbonyl (C=O) groups excluding carboxylic acids is 2. The van der Waals surface area contributed by atoms with Gasteiger partial charge >= 0.3 is 18.9 Å². The van der Waals surface area contributed by atoms with Crippen molar-refractivity contribution in [2.75, 3.05) is 6.61 Å². The Morgan fingerprint density at radius 1 is 1.05 bits per heavy atom. The normalized spacial score (nSPS) is 18.3. The van der Waals surface area contributed by atoms with Crippen LogP contribution in [-0.2, 0) is 0 Å². The van der Waals surface area contributed by atoms with Crippen molar-refractivity contribution >= 4 is 17.3 Å². The van der Waals surface area contributed by atoms with Gasteiger partial charge in [-0.05, 0) is 37.8 Å². The number of fused-ring (bicyclic) bond motifs is 1. The third-order valence-electron chi connectivity index (χ3n) is 6.57. The van der Waals surface area contributed by atoms with Gasteiger partial charge in [-0.15, -0.1) is 5.10 Å². The topological polar surface area (TPSA) is 146 Å². The minimum atomic E-state index is -6.05. The number of halogens is 8. The minimum absolute atomic E-state index is 0.0469. The first-order chi connectivity index (χ1) is 19.5. The molecular formula is C23H22F8N6O5. The maximum atomic E-state index is 12.9. The summed E-state index contributed by atoms with van der Waals surface area (Å²) >= 11 is 0. The lowest BCUT2D eigenvalue weighted by Gasteiger charge is -2.31. The van der Waals surface area contributed by atoms with Gasteiger partial charge < -0.3 is 25.6 Å². The van der Waals surface area contributed by atoms with Crippen molar-refractivity contribution in [1.82, 2.24) is 24.7 Å². The second kappa shape index (κ2) is 11.3. The maximum Gasteiger partial charge on any atom is 0.429 e. The van der Waals surface area contributed by atoms with Crippen LogP contribution < -0.4 is 20.5 Å². The number of aromatic nitrogens is 4. The molecule has 0 aliphatic heterocycles. The first-order valence-electron chi connectivity index (χ1n) is 12.1. The zero-order chi connectivity index (χ0) is 31.0. The van der Waals surface area contributed by atoms with Crippen LogP contribution in [0.2, 0.25) is 0 Å². The smallest absolute Gasteiger partial charge is 0.429 e. The summed E-state index contributed by atoms with van der Waals surface area (Å²) < 4.78 is 114. The molecule has 1 fully saturated rings. The maximum absolute atomic E-state index is 12.9. The van der Waals surface area contributed by atoms with Crippen molar-refractivity contribution in [2.24, 2.45) is 5.73 Å². The van der Waals surface area contributed by atoms with Crippen molar-refractivity contribution in [1.29, 1.82) is 0 Å². The summed E-state index contributed by atoms with van der Waals surface area (Å²) in [5, 5.41) is 19.4. The fraction of sp³-hybridized carbons (Fsp3) is 0.478. The summed E-state index contributed by atoms with van der Waals surface area (Å²) in [6.45, 7) is -5.17. The number of amides is 2. The average Bonchev–Trinajstić information content (AvgIpc) is 3.51. The van der Waals surface area contributed by atoms with Crippen LogP contribution in [0.5, 0.6) is 11.6 Å². The molecule has 0 spiro atoms. The molecule has 4 rings (SSSR count). The predicted molar refractivity (Wildman–Crippen MR) is 124 cm³/mol. The Hall–Kier alpha value is -4.16. The van der Waals surface area contributed by atoms with E-state index in [4.69, 9.17) is 10.5 Å². The Labute approximate surface area is 230 Å². The van der Waals surface area contributed by atoms with Crippen molar-refractivity contribution in [3.63, 3.8) is 0 Å². The molecule has 4 N–H and O–H groups in total. The summed E-state index contributed by atoms with van der Waals surface area (Å²) in [5.41, 5.74) is -0.00383. The van der Waals surface area contributed by atoms with E-state index in [1.54, 1.807) is 0 Å². The third-order valence-corrected chi connectivity index (χ3v) is 6.57. The highest BCUT2D eigenvalue weighted by Gasteiger charge is 2.71. The Balaban J connectivity index is 1.35. The molecule has 19 heteroatoms. The molecule has 2 amide bonds. The van der Waals surface area contributed by atoms with Crippen LogP contribution in [0.3, 0.4) is 0 Å². The van der Waals surface area contributed by atoms with E-state index in [2.05, 4.69) is 20.3 Å². The van der Waals surface area contributed by atoms with Gasteiger partial charge in [0.1, 0.15) is 24.0 Å². The van der Waals surface area contributed by atoms with Gasteiger partial charge in [0.25, 0.3) is 17.4 Å². The highest BCUT2D eigenvalue weighted by molar-refractivity contribution is 6.00. The molecule has 0 bridgehead atoms. The molecular weight excluding hydrogens is 592 g/mol. The number of pyridine rings is 1. The quantitative estimate of drug-likeness (QED) is 0.314. The highest BCUT2D eigenvalue weighted by atomic mass is 19.4.